The van der Waals surface area contributed by atoms with Crippen LogP contribution < -0.4 is 10.2 Å². The van der Waals surface area contributed by atoms with Crippen molar-refractivity contribution in [2.75, 3.05) is 10.2 Å². The Bertz CT molecular complexity index is 788. The SMILES string of the molecule is CC(=O)N1c2ccccc2CC1C(=O)Nc1ccc(C)c(Cl)c1. The molecule has 2 aromatic carbocycles. The van der Waals surface area contributed by atoms with Crippen molar-refractivity contribution >= 4 is 34.8 Å². The first-order chi connectivity index (χ1) is 11.0. The van der Waals surface area contributed by atoms with Crippen LogP contribution in [0.3, 0.4) is 0 Å². The van der Waals surface area contributed by atoms with Crippen LogP contribution in [0.4, 0.5) is 11.4 Å². The summed E-state index contributed by atoms with van der Waals surface area (Å²) in [6.45, 7) is 3.38. The van der Waals surface area contributed by atoms with Gasteiger partial charge in [-0.3, -0.25) is 14.5 Å². The van der Waals surface area contributed by atoms with E-state index in [1.807, 2.05) is 37.3 Å². The third-order valence-corrected chi connectivity index (χ3v) is 4.46. The Balaban J connectivity index is 1.85. The molecular weight excluding hydrogens is 312 g/mol. The van der Waals surface area contributed by atoms with Crippen LogP contribution >= 0.6 is 11.6 Å². The highest BCUT2D eigenvalue weighted by atomic mass is 35.5. The van der Waals surface area contributed by atoms with E-state index in [1.165, 1.54) is 6.92 Å². The highest BCUT2D eigenvalue weighted by Crippen LogP contribution is 2.32. The van der Waals surface area contributed by atoms with Crippen molar-refractivity contribution in [2.24, 2.45) is 0 Å². The number of aryl methyl sites for hydroxylation is 1. The van der Waals surface area contributed by atoms with E-state index in [4.69, 9.17) is 11.6 Å². The zero-order valence-corrected chi connectivity index (χ0v) is 13.7. The molecule has 1 aliphatic rings. The van der Waals surface area contributed by atoms with E-state index < -0.39 is 6.04 Å². The molecule has 3 rings (SSSR count). The molecule has 23 heavy (non-hydrogen) atoms. The van der Waals surface area contributed by atoms with E-state index >= 15 is 0 Å². The van der Waals surface area contributed by atoms with Crippen LogP contribution in [-0.2, 0) is 16.0 Å². The Labute approximate surface area is 140 Å². The van der Waals surface area contributed by atoms with Crippen molar-refractivity contribution in [3.05, 3.63) is 58.6 Å². The summed E-state index contributed by atoms with van der Waals surface area (Å²) in [5, 5.41) is 3.45. The largest absolute Gasteiger partial charge is 0.324 e. The molecule has 4 nitrogen and oxygen atoms in total. The zero-order chi connectivity index (χ0) is 16.6. The molecule has 1 heterocycles. The number of anilines is 2. The molecule has 1 aliphatic heterocycles. The quantitative estimate of drug-likeness (QED) is 0.916. The Morgan fingerprint density at radius 3 is 2.65 bits per heavy atom. The molecule has 0 bridgehead atoms. The lowest BCUT2D eigenvalue weighted by atomic mass is 10.1. The van der Waals surface area contributed by atoms with Crippen molar-refractivity contribution in [1.29, 1.82) is 0 Å². The van der Waals surface area contributed by atoms with E-state index in [9.17, 15) is 9.59 Å². The minimum absolute atomic E-state index is 0.142. The monoisotopic (exact) mass is 328 g/mol. The molecule has 0 radical (unpaired) electrons. The van der Waals surface area contributed by atoms with Crippen molar-refractivity contribution in [1.82, 2.24) is 0 Å². The first-order valence-corrected chi connectivity index (χ1v) is 7.80. The number of carbonyl (C=O) groups is 2. The fraction of sp³-hybridized carbons (Fsp3) is 0.222. The topological polar surface area (TPSA) is 49.4 Å². The van der Waals surface area contributed by atoms with Crippen molar-refractivity contribution in [2.45, 2.75) is 26.3 Å². The lowest BCUT2D eigenvalue weighted by Gasteiger charge is -2.23. The van der Waals surface area contributed by atoms with E-state index in [-0.39, 0.29) is 11.8 Å². The molecule has 118 valence electrons. The number of nitrogens with one attached hydrogen (secondary N) is 1. The second kappa shape index (κ2) is 6.05. The van der Waals surface area contributed by atoms with Gasteiger partial charge in [0.1, 0.15) is 6.04 Å². The number of para-hydroxylation sites is 1. The maximum absolute atomic E-state index is 12.6. The lowest BCUT2D eigenvalue weighted by Crippen LogP contribution is -2.44. The number of hydrogen-bond donors (Lipinski definition) is 1. The summed E-state index contributed by atoms with van der Waals surface area (Å²) in [6, 6.07) is 12.4. The van der Waals surface area contributed by atoms with Gasteiger partial charge in [-0.25, -0.2) is 0 Å². The van der Waals surface area contributed by atoms with E-state index in [2.05, 4.69) is 5.32 Å². The second-order valence-electron chi connectivity index (χ2n) is 5.69. The molecule has 0 spiro atoms. The minimum atomic E-state index is -0.537. The van der Waals surface area contributed by atoms with Crippen LogP contribution in [-0.4, -0.2) is 17.9 Å². The summed E-state index contributed by atoms with van der Waals surface area (Å²) in [6.07, 6.45) is 0.515. The second-order valence-corrected chi connectivity index (χ2v) is 6.10. The van der Waals surface area contributed by atoms with Crippen molar-refractivity contribution < 1.29 is 9.59 Å². The van der Waals surface area contributed by atoms with E-state index in [0.29, 0.717) is 17.1 Å². The normalized spacial score (nSPS) is 16.1. The summed E-state index contributed by atoms with van der Waals surface area (Å²) in [7, 11) is 0. The number of nitrogens with zero attached hydrogens (tertiary/aromatic N) is 1. The predicted octanol–water partition coefficient (Wildman–Crippen LogP) is 3.56. The van der Waals surface area contributed by atoms with Crippen LogP contribution in [0, 0.1) is 6.92 Å². The predicted molar refractivity (Wildman–Crippen MR) is 91.9 cm³/mol. The standard InChI is InChI=1S/C18H17ClN2O2/c1-11-7-8-14(10-15(11)19)20-18(23)17-9-13-5-3-4-6-16(13)21(17)12(2)22/h3-8,10,17H,9H2,1-2H3,(H,20,23). The molecule has 5 heteroatoms. The summed E-state index contributed by atoms with van der Waals surface area (Å²) < 4.78 is 0. The molecular formula is C18H17ClN2O2. The number of carbonyl (C=O) groups excluding carboxylic acids is 2. The van der Waals surface area contributed by atoms with Crippen LogP contribution in [0.25, 0.3) is 0 Å². The van der Waals surface area contributed by atoms with Crippen LogP contribution in [0.5, 0.6) is 0 Å². The first kappa shape index (κ1) is 15.6. The number of fused-ring (bicyclic) bond motifs is 1. The minimum Gasteiger partial charge on any atom is -0.324 e. The Kier molecular flexibility index (Phi) is 4.09. The lowest BCUT2D eigenvalue weighted by molar-refractivity contribution is -0.122. The Hall–Kier alpha value is -2.33. The Morgan fingerprint density at radius 2 is 1.96 bits per heavy atom. The summed E-state index contributed by atoms with van der Waals surface area (Å²) in [4.78, 5) is 26.2. The number of halogens is 1. The zero-order valence-electron chi connectivity index (χ0n) is 13.0. The molecule has 0 fully saturated rings. The molecule has 1 N–H and O–H groups in total. The first-order valence-electron chi connectivity index (χ1n) is 7.42. The van der Waals surface area contributed by atoms with Crippen LogP contribution in [0.1, 0.15) is 18.1 Å². The highest BCUT2D eigenvalue weighted by Gasteiger charge is 2.36. The van der Waals surface area contributed by atoms with Gasteiger partial charge in [-0.15, -0.1) is 0 Å². The molecule has 0 aliphatic carbocycles. The van der Waals surface area contributed by atoms with Gasteiger partial charge in [0, 0.05) is 29.7 Å². The molecule has 0 saturated heterocycles. The van der Waals surface area contributed by atoms with E-state index in [1.54, 1.807) is 17.0 Å². The van der Waals surface area contributed by atoms with Gasteiger partial charge in [0.25, 0.3) is 0 Å². The van der Waals surface area contributed by atoms with Gasteiger partial charge in [-0.2, -0.15) is 0 Å². The average molecular weight is 329 g/mol. The highest BCUT2D eigenvalue weighted by molar-refractivity contribution is 6.31. The van der Waals surface area contributed by atoms with Crippen molar-refractivity contribution in [3.8, 4) is 0 Å². The summed E-state index contributed by atoms with van der Waals surface area (Å²) in [5.41, 5.74) is 3.39. The van der Waals surface area contributed by atoms with Gasteiger partial charge in [0.2, 0.25) is 11.8 Å². The molecule has 0 saturated carbocycles. The van der Waals surface area contributed by atoms with E-state index in [0.717, 1.165) is 16.8 Å². The van der Waals surface area contributed by atoms with Gasteiger partial charge in [0.05, 0.1) is 0 Å². The average Bonchev–Trinajstić information content (AvgIpc) is 2.90. The molecule has 0 aromatic heterocycles. The molecule has 1 atom stereocenters. The maximum Gasteiger partial charge on any atom is 0.247 e. The fourth-order valence-corrected chi connectivity index (χ4v) is 3.06. The summed E-state index contributed by atoms with van der Waals surface area (Å²) >= 11 is 6.09. The van der Waals surface area contributed by atoms with Crippen LogP contribution in [0.15, 0.2) is 42.5 Å². The van der Waals surface area contributed by atoms with Crippen LogP contribution in [0.2, 0.25) is 5.02 Å². The Morgan fingerprint density at radius 1 is 1.22 bits per heavy atom. The number of rotatable bonds is 2. The molecule has 2 amide bonds. The molecule has 1 unspecified atom stereocenters. The number of amides is 2. The van der Waals surface area contributed by atoms with Crippen molar-refractivity contribution in [3.63, 3.8) is 0 Å². The third-order valence-electron chi connectivity index (χ3n) is 4.06. The van der Waals surface area contributed by atoms with Gasteiger partial charge in [-0.1, -0.05) is 35.9 Å². The van der Waals surface area contributed by atoms with Gasteiger partial charge >= 0.3 is 0 Å². The smallest absolute Gasteiger partial charge is 0.247 e. The van der Waals surface area contributed by atoms with Gasteiger partial charge in [-0.05, 0) is 36.2 Å². The third kappa shape index (κ3) is 2.94. The summed E-state index contributed by atoms with van der Waals surface area (Å²) in [5.74, 6) is -0.353. The number of benzene rings is 2. The molecule has 2 aromatic rings. The van der Waals surface area contributed by atoms with Gasteiger partial charge in [0.15, 0.2) is 0 Å². The maximum atomic E-state index is 12.6. The van der Waals surface area contributed by atoms with Gasteiger partial charge < -0.3 is 5.32 Å². The number of hydrogen-bond acceptors (Lipinski definition) is 2. The fourth-order valence-electron chi connectivity index (χ4n) is 2.88.